The lowest BCUT2D eigenvalue weighted by atomic mass is 10.1. The Morgan fingerprint density at radius 3 is 2.79 bits per heavy atom. The van der Waals surface area contributed by atoms with Crippen molar-refractivity contribution in [2.45, 2.75) is 33.5 Å². The van der Waals surface area contributed by atoms with Crippen LogP contribution in [-0.2, 0) is 19.6 Å². The molecule has 2 heterocycles. The lowest BCUT2D eigenvalue weighted by Crippen LogP contribution is -2.25. The molecular formula is C23H25N3O2S. The first kappa shape index (κ1) is 19.6. The molecule has 0 aliphatic carbocycles. The van der Waals surface area contributed by atoms with Gasteiger partial charge in [-0.15, -0.1) is 11.3 Å². The highest BCUT2D eigenvalue weighted by molar-refractivity contribution is 7.09. The summed E-state index contributed by atoms with van der Waals surface area (Å²) >= 11 is 1.69. The van der Waals surface area contributed by atoms with Crippen molar-refractivity contribution >= 4 is 17.2 Å². The van der Waals surface area contributed by atoms with Gasteiger partial charge in [0.1, 0.15) is 12.4 Å². The molecule has 1 N–H and O–H groups in total. The third kappa shape index (κ3) is 4.83. The Hall–Kier alpha value is -2.70. The molecule has 1 aliphatic rings. The van der Waals surface area contributed by atoms with E-state index < -0.39 is 0 Å². The highest BCUT2D eigenvalue weighted by atomic mass is 32.1. The molecule has 0 spiro atoms. The van der Waals surface area contributed by atoms with Gasteiger partial charge in [-0.25, -0.2) is 4.98 Å². The van der Waals surface area contributed by atoms with Crippen molar-refractivity contribution in [2.75, 3.05) is 13.2 Å². The summed E-state index contributed by atoms with van der Waals surface area (Å²) < 4.78 is 5.92. The fraction of sp³-hybridized carbons (Fsp3) is 0.304. The smallest absolute Gasteiger partial charge is 0.251 e. The van der Waals surface area contributed by atoms with Crippen LogP contribution in [0.4, 0.5) is 0 Å². The Bertz CT molecular complexity index is 998. The van der Waals surface area contributed by atoms with Crippen LogP contribution in [0.5, 0.6) is 5.75 Å². The van der Waals surface area contributed by atoms with Crippen molar-refractivity contribution in [3.05, 3.63) is 80.8 Å². The number of fused-ring (bicyclic) bond motifs is 1. The van der Waals surface area contributed by atoms with E-state index in [0.29, 0.717) is 18.7 Å². The Morgan fingerprint density at radius 1 is 1.21 bits per heavy atom. The van der Waals surface area contributed by atoms with Crippen LogP contribution in [0, 0.1) is 13.8 Å². The molecule has 0 saturated heterocycles. The largest absolute Gasteiger partial charge is 0.492 e. The standard InChI is InChI=1S/C23H25N3O2S/c1-16-3-5-18(6-4-16)12-24-23(27)19-7-8-21-20(11-19)13-26(9-10-28-21)14-22-17(2)25-15-29-22/h3-8,11,15H,9-10,12-14H2,1-2H3,(H,24,27). The predicted octanol–water partition coefficient (Wildman–Crippen LogP) is 4.08. The molecule has 0 fully saturated rings. The second kappa shape index (κ2) is 8.76. The highest BCUT2D eigenvalue weighted by Crippen LogP contribution is 2.26. The number of ether oxygens (including phenoxy) is 1. The zero-order chi connectivity index (χ0) is 20.2. The summed E-state index contributed by atoms with van der Waals surface area (Å²) in [5, 5.41) is 3.01. The maximum Gasteiger partial charge on any atom is 0.251 e. The fourth-order valence-electron chi connectivity index (χ4n) is 3.40. The highest BCUT2D eigenvalue weighted by Gasteiger charge is 2.19. The minimum absolute atomic E-state index is 0.0672. The van der Waals surface area contributed by atoms with Gasteiger partial charge in [-0.3, -0.25) is 9.69 Å². The Balaban J connectivity index is 1.44. The van der Waals surface area contributed by atoms with Crippen LogP contribution in [0.15, 0.2) is 48.0 Å². The first-order valence-electron chi connectivity index (χ1n) is 9.79. The van der Waals surface area contributed by atoms with Crippen molar-refractivity contribution in [3.8, 4) is 5.75 Å². The first-order chi connectivity index (χ1) is 14.1. The average Bonchev–Trinajstić information content (AvgIpc) is 3.01. The summed E-state index contributed by atoms with van der Waals surface area (Å²) in [5.41, 5.74) is 6.99. The van der Waals surface area contributed by atoms with E-state index in [2.05, 4.69) is 34.3 Å². The predicted molar refractivity (Wildman–Crippen MR) is 115 cm³/mol. The van der Waals surface area contributed by atoms with E-state index in [0.717, 1.165) is 42.2 Å². The normalized spacial score (nSPS) is 14.0. The van der Waals surface area contributed by atoms with E-state index in [1.165, 1.54) is 10.4 Å². The van der Waals surface area contributed by atoms with Gasteiger partial charge in [0.05, 0.1) is 11.2 Å². The monoisotopic (exact) mass is 407 g/mol. The van der Waals surface area contributed by atoms with Crippen LogP contribution in [0.3, 0.4) is 0 Å². The van der Waals surface area contributed by atoms with Gasteiger partial charge >= 0.3 is 0 Å². The number of benzene rings is 2. The molecule has 4 rings (SSSR count). The molecule has 3 aromatic rings. The molecule has 0 radical (unpaired) electrons. The summed E-state index contributed by atoms with van der Waals surface area (Å²) in [7, 11) is 0. The maximum atomic E-state index is 12.7. The zero-order valence-electron chi connectivity index (χ0n) is 16.8. The number of hydrogen-bond acceptors (Lipinski definition) is 5. The molecular weight excluding hydrogens is 382 g/mol. The Morgan fingerprint density at radius 2 is 2.03 bits per heavy atom. The zero-order valence-corrected chi connectivity index (χ0v) is 17.6. The van der Waals surface area contributed by atoms with E-state index in [4.69, 9.17) is 4.74 Å². The van der Waals surface area contributed by atoms with Crippen molar-refractivity contribution in [1.82, 2.24) is 15.2 Å². The summed E-state index contributed by atoms with van der Waals surface area (Å²) in [5.74, 6) is 0.797. The van der Waals surface area contributed by atoms with Crippen molar-refractivity contribution in [1.29, 1.82) is 0 Å². The molecule has 29 heavy (non-hydrogen) atoms. The molecule has 150 valence electrons. The lowest BCUT2D eigenvalue weighted by Gasteiger charge is -2.18. The molecule has 1 aliphatic heterocycles. The quantitative estimate of drug-likeness (QED) is 0.692. The number of amides is 1. The minimum Gasteiger partial charge on any atom is -0.492 e. The number of aromatic nitrogens is 1. The topological polar surface area (TPSA) is 54.5 Å². The molecule has 6 heteroatoms. The van der Waals surface area contributed by atoms with Crippen molar-refractivity contribution < 1.29 is 9.53 Å². The van der Waals surface area contributed by atoms with E-state index in [1.54, 1.807) is 11.3 Å². The number of nitrogens with zero attached hydrogens (tertiary/aromatic N) is 2. The molecule has 0 bridgehead atoms. The van der Waals surface area contributed by atoms with Crippen LogP contribution in [-0.4, -0.2) is 28.9 Å². The van der Waals surface area contributed by atoms with Gasteiger partial charge in [-0.1, -0.05) is 29.8 Å². The first-order valence-corrected chi connectivity index (χ1v) is 10.7. The van der Waals surface area contributed by atoms with Gasteiger partial charge in [0.15, 0.2) is 0 Å². The van der Waals surface area contributed by atoms with Gasteiger partial charge in [0.2, 0.25) is 0 Å². The van der Waals surface area contributed by atoms with Crippen LogP contribution in [0.25, 0.3) is 0 Å². The number of hydrogen-bond donors (Lipinski definition) is 1. The summed E-state index contributed by atoms with van der Waals surface area (Å²) in [6.45, 7) is 7.72. The summed E-state index contributed by atoms with van der Waals surface area (Å²) in [4.78, 5) is 20.6. The Labute approximate surface area is 175 Å². The van der Waals surface area contributed by atoms with Gasteiger partial charge in [-0.05, 0) is 37.6 Å². The number of thiazole rings is 1. The Kier molecular flexibility index (Phi) is 5.92. The summed E-state index contributed by atoms with van der Waals surface area (Å²) in [6.07, 6.45) is 0. The second-order valence-corrected chi connectivity index (χ2v) is 8.35. The van der Waals surface area contributed by atoms with Gasteiger partial charge in [0, 0.05) is 42.2 Å². The molecule has 5 nitrogen and oxygen atoms in total. The number of carbonyl (C=O) groups excluding carboxylic acids is 1. The molecule has 0 saturated carbocycles. The summed E-state index contributed by atoms with van der Waals surface area (Å²) in [6, 6.07) is 13.9. The van der Waals surface area contributed by atoms with E-state index in [9.17, 15) is 4.79 Å². The minimum atomic E-state index is -0.0672. The van der Waals surface area contributed by atoms with Crippen molar-refractivity contribution in [2.24, 2.45) is 0 Å². The van der Waals surface area contributed by atoms with E-state index in [-0.39, 0.29) is 5.91 Å². The van der Waals surface area contributed by atoms with Gasteiger partial charge in [-0.2, -0.15) is 0 Å². The molecule has 0 unspecified atom stereocenters. The lowest BCUT2D eigenvalue weighted by molar-refractivity contribution is 0.0950. The molecule has 1 aromatic heterocycles. The molecule has 2 aromatic carbocycles. The van der Waals surface area contributed by atoms with E-state index in [1.807, 2.05) is 42.8 Å². The maximum absolute atomic E-state index is 12.7. The fourth-order valence-corrected chi connectivity index (χ4v) is 4.21. The van der Waals surface area contributed by atoms with Crippen LogP contribution in [0.1, 0.15) is 37.6 Å². The van der Waals surface area contributed by atoms with Crippen molar-refractivity contribution in [3.63, 3.8) is 0 Å². The SMILES string of the molecule is Cc1ccc(CNC(=O)c2ccc3c(c2)CN(Cc2scnc2C)CCO3)cc1. The van der Waals surface area contributed by atoms with Gasteiger partial charge < -0.3 is 10.1 Å². The van der Waals surface area contributed by atoms with E-state index >= 15 is 0 Å². The molecule has 1 amide bonds. The number of aryl methyl sites for hydroxylation is 2. The second-order valence-electron chi connectivity index (χ2n) is 7.41. The number of carbonyl (C=O) groups is 1. The van der Waals surface area contributed by atoms with Crippen LogP contribution >= 0.6 is 11.3 Å². The molecule has 0 atom stereocenters. The number of nitrogens with one attached hydrogen (secondary N) is 1. The average molecular weight is 408 g/mol. The third-order valence-electron chi connectivity index (χ3n) is 5.17. The number of rotatable bonds is 5. The third-order valence-corrected chi connectivity index (χ3v) is 6.09. The van der Waals surface area contributed by atoms with Crippen LogP contribution < -0.4 is 10.1 Å². The van der Waals surface area contributed by atoms with Gasteiger partial charge in [0.25, 0.3) is 5.91 Å². The van der Waals surface area contributed by atoms with Crippen LogP contribution in [0.2, 0.25) is 0 Å².